The Morgan fingerprint density at radius 3 is 2.81 bits per heavy atom. The number of methoxy groups -OCH3 is 1. The van der Waals surface area contributed by atoms with Crippen LogP contribution in [0.25, 0.3) is 0 Å². The Bertz CT molecular complexity index is 737. The molecule has 0 aliphatic heterocycles. The second kappa shape index (κ2) is 5.88. The van der Waals surface area contributed by atoms with E-state index in [-0.39, 0.29) is 11.5 Å². The lowest BCUT2D eigenvalue weighted by Crippen LogP contribution is -2.06. The lowest BCUT2D eigenvalue weighted by atomic mass is 10.2. The third-order valence-electron chi connectivity index (χ3n) is 2.79. The number of hydrogen-bond donors (Lipinski definition) is 2. The van der Waals surface area contributed by atoms with Crippen LogP contribution in [0.4, 0.5) is 11.6 Å². The van der Waals surface area contributed by atoms with Crippen molar-refractivity contribution in [3.8, 4) is 11.8 Å². The number of carboxylic acid groups (broad SMARTS) is 1. The molecule has 0 aliphatic rings. The summed E-state index contributed by atoms with van der Waals surface area (Å²) in [6.07, 6.45) is 1.24. The van der Waals surface area contributed by atoms with Crippen molar-refractivity contribution in [2.24, 2.45) is 0 Å². The Morgan fingerprint density at radius 1 is 1.48 bits per heavy atom. The number of aromatic nitrogens is 2. The molecule has 0 bridgehead atoms. The van der Waals surface area contributed by atoms with E-state index < -0.39 is 5.97 Å². The van der Waals surface area contributed by atoms with Crippen LogP contribution in [0.5, 0.6) is 5.75 Å². The lowest BCUT2D eigenvalue weighted by Gasteiger charge is -2.11. The number of aryl methyl sites for hydroxylation is 1. The van der Waals surface area contributed by atoms with Crippen LogP contribution >= 0.6 is 0 Å². The van der Waals surface area contributed by atoms with E-state index in [1.165, 1.54) is 13.3 Å². The Hall–Kier alpha value is -3.14. The molecule has 0 atom stereocenters. The summed E-state index contributed by atoms with van der Waals surface area (Å²) in [4.78, 5) is 18.9. The van der Waals surface area contributed by atoms with Crippen LogP contribution in [0.2, 0.25) is 0 Å². The van der Waals surface area contributed by atoms with E-state index in [2.05, 4.69) is 15.3 Å². The highest BCUT2D eigenvalue weighted by Gasteiger charge is 2.11. The van der Waals surface area contributed by atoms with Crippen molar-refractivity contribution >= 4 is 17.6 Å². The van der Waals surface area contributed by atoms with Gasteiger partial charge in [0.05, 0.1) is 35.7 Å². The van der Waals surface area contributed by atoms with Crippen LogP contribution in [-0.4, -0.2) is 28.2 Å². The molecule has 0 saturated heterocycles. The molecule has 0 fully saturated rings. The maximum absolute atomic E-state index is 10.9. The number of nitrogens with one attached hydrogen (secondary N) is 1. The average molecular weight is 284 g/mol. The molecule has 2 N–H and O–H groups in total. The summed E-state index contributed by atoms with van der Waals surface area (Å²) < 4.78 is 5.19. The van der Waals surface area contributed by atoms with E-state index in [0.717, 1.165) is 0 Å². The number of carboxylic acids is 1. The highest BCUT2D eigenvalue weighted by molar-refractivity contribution is 5.88. The smallest absolute Gasteiger partial charge is 0.339 e. The number of ether oxygens (including phenoxy) is 1. The zero-order valence-corrected chi connectivity index (χ0v) is 11.4. The molecule has 0 saturated carbocycles. The summed E-state index contributed by atoms with van der Waals surface area (Å²) in [5.41, 5.74) is 1.45. The first-order valence-electron chi connectivity index (χ1n) is 5.97. The van der Waals surface area contributed by atoms with E-state index in [4.69, 9.17) is 15.1 Å². The summed E-state index contributed by atoms with van der Waals surface area (Å²) in [7, 11) is 1.49. The maximum Gasteiger partial charge on any atom is 0.339 e. The monoisotopic (exact) mass is 284 g/mol. The average Bonchev–Trinajstić information content (AvgIpc) is 2.47. The van der Waals surface area contributed by atoms with Gasteiger partial charge < -0.3 is 15.2 Å². The number of anilines is 2. The van der Waals surface area contributed by atoms with Gasteiger partial charge in [-0.1, -0.05) is 0 Å². The van der Waals surface area contributed by atoms with Gasteiger partial charge in [-0.25, -0.2) is 14.8 Å². The molecule has 0 amide bonds. The van der Waals surface area contributed by atoms with Crippen LogP contribution in [0, 0.1) is 18.3 Å². The zero-order valence-electron chi connectivity index (χ0n) is 11.4. The van der Waals surface area contributed by atoms with Crippen molar-refractivity contribution in [2.45, 2.75) is 6.92 Å². The summed E-state index contributed by atoms with van der Waals surface area (Å²) in [5, 5.41) is 20.7. The first-order chi connectivity index (χ1) is 10.0. The van der Waals surface area contributed by atoms with E-state index in [9.17, 15) is 4.79 Å². The zero-order chi connectivity index (χ0) is 15.4. The summed E-state index contributed by atoms with van der Waals surface area (Å²) in [6, 6.07) is 6.90. The Balaban J connectivity index is 2.32. The Kier molecular flexibility index (Phi) is 4.00. The van der Waals surface area contributed by atoms with Crippen molar-refractivity contribution in [2.75, 3.05) is 12.4 Å². The summed E-state index contributed by atoms with van der Waals surface area (Å²) in [5.74, 6) is -0.354. The topological polar surface area (TPSA) is 108 Å². The first kappa shape index (κ1) is 14.3. The minimum Gasteiger partial charge on any atom is -0.495 e. The van der Waals surface area contributed by atoms with Gasteiger partial charge in [0.1, 0.15) is 5.75 Å². The van der Waals surface area contributed by atoms with Gasteiger partial charge in [-0.05, 0) is 19.1 Å². The highest BCUT2D eigenvalue weighted by Crippen LogP contribution is 2.27. The van der Waals surface area contributed by atoms with Crippen molar-refractivity contribution < 1.29 is 14.6 Å². The second-order valence-corrected chi connectivity index (χ2v) is 4.15. The third-order valence-corrected chi connectivity index (χ3v) is 2.79. The van der Waals surface area contributed by atoms with Gasteiger partial charge in [0.15, 0.2) is 0 Å². The van der Waals surface area contributed by atoms with Crippen LogP contribution in [0.15, 0.2) is 24.4 Å². The molecular formula is C14H12N4O3. The van der Waals surface area contributed by atoms with Crippen molar-refractivity contribution in [1.82, 2.24) is 9.97 Å². The van der Waals surface area contributed by atoms with Gasteiger partial charge in [-0.2, -0.15) is 5.26 Å². The number of nitrogens with zero attached hydrogens (tertiary/aromatic N) is 3. The molecule has 21 heavy (non-hydrogen) atoms. The van der Waals surface area contributed by atoms with Gasteiger partial charge in [-0.15, -0.1) is 0 Å². The molecule has 2 aromatic rings. The molecule has 1 aromatic carbocycles. The van der Waals surface area contributed by atoms with Gasteiger partial charge in [-0.3, -0.25) is 0 Å². The summed E-state index contributed by atoms with van der Waals surface area (Å²) >= 11 is 0. The molecule has 106 valence electrons. The number of nitriles is 1. The second-order valence-electron chi connectivity index (χ2n) is 4.15. The minimum atomic E-state index is -1.07. The predicted molar refractivity (Wildman–Crippen MR) is 74.7 cm³/mol. The number of rotatable bonds is 4. The van der Waals surface area contributed by atoms with Crippen molar-refractivity contribution in [3.05, 3.63) is 41.2 Å². The van der Waals surface area contributed by atoms with E-state index in [0.29, 0.717) is 22.7 Å². The quantitative estimate of drug-likeness (QED) is 0.884. The fraction of sp³-hybridized carbons (Fsp3) is 0.143. The maximum atomic E-state index is 10.9. The SMILES string of the molecule is COc1cc(C#N)ccc1Nc1ncc(C(=O)O)c(C)n1. The molecule has 0 spiro atoms. The number of benzene rings is 1. The van der Waals surface area contributed by atoms with Crippen molar-refractivity contribution in [3.63, 3.8) is 0 Å². The van der Waals surface area contributed by atoms with Gasteiger partial charge >= 0.3 is 5.97 Å². The van der Waals surface area contributed by atoms with Crippen LogP contribution in [-0.2, 0) is 0 Å². The Morgan fingerprint density at radius 2 is 2.24 bits per heavy atom. The van der Waals surface area contributed by atoms with Crippen LogP contribution < -0.4 is 10.1 Å². The number of aromatic carboxylic acids is 1. The number of hydrogen-bond acceptors (Lipinski definition) is 6. The minimum absolute atomic E-state index is 0.0485. The fourth-order valence-electron chi connectivity index (χ4n) is 1.72. The van der Waals surface area contributed by atoms with E-state index >= 15 is 0 Å². The summed E-state index contributed by atoms with van der Waals surface area (Å²) in [6.45, 7) is 1.59. The first-order valence-corrected chi connectivity index (χ1v) is 5.97. The predicted octanol–water partition coefficient (Wildman–Crippen LogP) is 2.11. The lowest BCUT2D eigenvalue weighted by molar-refractivity contribution is 0.0695. The van der Waals surface area contributed by atoms with Gasteiger partial charge in [0.2, 0.25) is 5.95 Å². The molecule has 1 aromatic heterocycles. The molecule has 0 aliphatic carbocycles. The van der Waals surface area contributed by atoms with Gasteiger partial charge in [0, 0.05) is 12.3 Å². The highest BCUT2D eigenvalue weighted by atomic mass is 16.5. The molecule has 0 unspecified atom stereocenters. The van der Waals surface area contributed by atoms with Crippen LogP contribution in [0.1, 0.15) is 21.6 Å². The fourth-order valence-corrected chi connectivity index (χ4v) is 1.72. The molecule has 0 radical (unpaired) electrons. The molecule has 1 heterocycles. The van der Waals surface area contributed by atoms with Crippen LogP contribution in [0.3, 0.4) is 0 Å². The van der Waals surface area contributed by atoms with Gasteiger partial charge in [0.25, 0.3) is 0 Å². The normalized spacial score (nSPS) is 9.76. The largest absolute Gasteiger partial charge is 0.495 e. The van der Waals surface area contributed by atoms with E-state index in [1.54, 1.807) is 25.1 Å². The number of carbonyl (C=O) groups is 1. The molecule has 7 nitrogen and oxygen atoms in total. The van der Waals surface area contributed by atoms with E-state index in [1.807, 2.05) is 6.07 Å². The molecule has 2 rings (SSSR count). The molecular weight excluding hydrogens is 272 g/mol. The van der Waals surface area contributed by atoms with Crippen molar-refractivity contribution in [1.29, 1.82) is 5.26 Å². The third kappa shape index (κ3) is 3.06. The standard InChI is InChI=1S/C14H12N4O3/c1-8-10(13(19)20)7-16-14(17-8)18-11-4-3-9(6-15)5-12(11)21-2/h3-5,7H,1-2H3,(H,19,20)(H,16,17,18). The Labute approximate surface area is 120 Å². The molecule has 7 heteroatoms.